The van der Waals surface area contributed by atoms with Gasteiger partial charge in [0.1, 0.15) is 16.7 Å². The number of benzene rings is 1. The number of ether oxygens (including phenoxy) is 1. The molecule has 1 heterocycles. The fourth-order valence-electron chi connectivity index (χ4n) is 1.71. The molecule has 1 aromatic carbocycles. The van der Waals surface area contributed by atoms with E-state index >= 15 is 0 Å². The first-order valence-electron chi connectivity index (χ1n) is 5.22. The van der Waals surface area contributed by atoms with Crippen molar-refractivity contribution in [1.82, 2.24) is 4.98 Å². The molecule has 0 aliphatic carbocycles. The van der Waals surface area contributed by atoms with Gasteiger partial charge in [0.25, 0.3) is 0 Å². The van der Waals surface area contributed by atoms with Crippen molar-refractivity contribution in [1.29, 1.82) is 0 Å². The number of pyridine rings is 1. The highest BCUT2D eigenvalue weighted by Gasteiger charge is 2.07. The lowest BCUT2D eigenvalue weighted by Gasteiger charge is -2.12. The molecule has 88 valence electrons. The van der Waals surface area contributed by atoms with Crippen LogP contribution in [0.25, 0.3) is 0 Å². The Bertz CT molecular complexity index is 532. The second-order valence-corrected chi connectivity index (χ2v) is 4.29. The molecule has 0 aliphatic rings. The summed E-state index contributed by atoms with van der Waals surface area (Å²) in [6.07, 6.45) is 1.61. The van der Waals surface area contributed by atoms with Crippen LogP contribution in [-0.2, 0) is 0 Å². The van der Waals surface area contributed by atoms with Gasteiger partial charge in [0.05, 0.1) is 0 Å². The van der Waals surface area contributed by atoms with Crippen molar-refractivity contribution in [3.05, 3.63) is 46.7 Å². The van der Waals surface area contributed by atoms with Gasteiger partial charge in [-0.3, -0.25) is 0 Å². The Labute approximate surface area is 105 Å². The normalized spacial score (nSPS) is 10.3. The van der Waals surface area contributed by atoms with Crippen LogP contribution in [0.3, 0.4) is 0 Å². The van der Waals surface area contributed by atoms with Gasteiger partial charge in [-0.1, -0.05) is 11.6 Å². The summed E-state index contributed by atoms with van der Waals surface area (Å²) in [6, 6.07) is 7.20. The Morgan fingerprint density at radius 1 is 1.18 bits per heavy atom. The van der Waals surface area contributed by atoms with Crippen molar-refractivity contribution in [3.63, 3.8) is 0 Å². The van der Waals surface area contributed by atoms with Gasteiger partial charge in [0, 0.05) is 18.0 Å². The molecule has 2 rings (SSSR count). The summed E-state index contributed by atoms with van der Waals surface area (Å²) >= 11 is 5.80. The van der Waals surface area contributed by atoms with Gasteiger partial charge in [0.2, 0.25) is 0 Å². The van der Waals surface area contributed by atoms with Crippen molar-refractivity contribution in [3.8, 4) is 11.5 Å². The van der Waals surface area contributed by atoms with Crippen molar-refractivity contribution in [2.75, 3.05) is 5.73 Å². The monoisotopic (exact) mass is 248 g/mol. The van der Waals surface area contributed by atoms with E-state index in [-0.39, 0.29) is 0 Å². The second kappa shape index (κ2) is 4.63. The Morgan fingerprint density at radius 2 is 1.82 bits per heavy atom. The molecule has 0 atom stereocenters. The van der Waals surface area contributed by atoms with Crippen molar-refractivity contribution in [2.45, 2.75) is 13.8 Å². The average Bonchev–Trinajstić information content (AvgIpc) is 2.23. The maximum atomic E-state index is 5.80. The fourth-order valence-corrected chi connectivity index (χ4v) is 1.87. The zero-order chi connectivity index (χ0) is 12.4. The maximum Gasteiger partial charge on any atom is 0.133 e. The van der Waals surface area contributed by atoms with E-state index in [1.54, 1.807) is 18.3 Å². The second-order valence-electron chi connectivity index (χ2n) is 3.90. The average molecular weight is 249 g/mol. The molecule has 0 radical (unpaired) electrons. The van der Waals surface area contributed by atoms with Crippen LogP contribution < -0.4 is 10.5 Å². The standard InChI is InChI=1S/C13H13ClN2O/c1-8-5-10(15)6-9(2)13(8)17-11-3-4-16-12(14)7-11/h3-7H,15H2,1-2H3. The number of hydrogen-bond acceptors (Lipinski definition) is 3. The van der Waals surface area contributed by atoms with Crippen LogP contribution in [0, 0.1) is 13.8 Å². The van der Waals surface area contributed by atoms with E-state index in [1.807, 2.05) is 26.0 Å². The number of hydrogen-bond donors (Lipinski definition) is 1. The molecule has 0 aliphatic heterocycles. The van der Waals surface area contributed by atoms with Crippen LogP contribution in [0.15, 0.2) is 30.5 Å². The molecule has 17 heavy (non-hydrogen) atoms. The van der Waals surface area contributed by atoms with Crippen molar-refractivity contribution >= 4 is 17.3 Å². The lowest BCUT2D eigenvalue weighted by Crippen LogP contribution is -1.94. The molecule has 0 amide bonds. The summed E-state index contributed by atoms with van der Waals surface area (Å²) in [7, 11) is 0. The lowest BCUT2D eigenvalue weighted by atomic mass is 10.1. The molecule has 0 saturated heterocycles. The Hall–Kier alpha value is -1.74. The number of anilines is 1. The molecule has 1 aromatic heterocycles. The molecule has 4 heteroatoms. The zero-order valence-corrected chi connectivity index (χ0v) is 10.5. The number of nitrogen functional groups attached to an aromatic ring is 1. The SMILES string of the molecule is Cc1cc(N)cc(C)c1Oc1ccnc(Cl)c1. The number of nitrogens with zero attached hydrogens (tertiary/aromatic N) is 1. The number of aryl methyl sites for hydroxylation is 2. The first kappa shape index (κ1) is 11.7. The number of nitrogens with two attached hydrogens (primary N) is 1. The molecule has 0 bridgehead atoms. The first-order valence-corrected chi connectivity index (χ1v) is 5.60. The van der Waals surface area contributed by atoms with E-state index in [2.05, 4.69) is 4.98 Å². The van der Waals surface area contributed by atoms with E-state index < -0.39 is 0 Å². The van der Waals surface area contributed by atoms with Crippen LogP contribution >= 0.6 is 11.6 Å². The lowest BCUT2D eigenvalue weighted by molar-refractivity contribution is 0.474. The van der Waals surface area contributed by atoms with E-state index in [0.29, 0.717) is 10.9 Å². The largest absolute Gasteiger partial charge is 0.457 e. The number of rotatable bonds is 2. The Morgan fingerprint density at radius 3 is 2.41 bits per heavy atom. The van der Waals surface area contributed by atoms with Crippen molar-refractivity contribution in [2.24, 2.45) is 0 Å². The molecule has 0 saturated carbocycles. The quantitative estimate of drug-likeness (QED) is 0.651. The third-order valence-electron chi connectivity index (χ3n) is 2.40. The van der Waals surface area contributed by atoms with Crippen LogP contribution in [0.5, 0.6) is 11.5 Å². The minimum absolute atomic E-state index is 0.410. The Kier molecular flexibility index (Phi) is 3.20. The summed E-state index contributed by atoms with van der Waals surface area (Å²) in [5.74, 6) is 1.47. The highest BCUT2D eigenvalue weighted by Crippen LogP contribution is 2.30. The van der Waals surface area contributed by atoms with Crippen LogP contribution in [0.1, 0.15) is 11.1 Å². The molecule has 3 nitrogen and oxygen atoms in total. The first-order chi connectivity index (χ1) is 8.06. The van der Waals surface area contributed by atoms with Gasteiger partial charge in [-0.25, -0.2) is 4.98 Å². The highest BCUT2D eigenvalue weighted by atomic mass is 35.5. The molecule has 0 unspecified atom stereocenters. The zero-order valence-electron chi connectivity index (χ0n) is 9.70. The van der Waals surface area contributed by atoms with Gasteiger partial charge in [-0.05, 0) is 43.2 Å². The van der Waals surface area contributed by atoms with Crippen LogP contribution in [-0.4, -0.2) is 4.98 Å². The molecule has 0 spiro atoms. The molecule has 2 N–H and O–H groups in total. The molecule has 2 aromatic rings. The predicted octanol–water partition coefficient (Wildman–Crippen LogP) is 3.73. The third-order valence-corrected chi connectivity index (χ3v) is 2.61. The fraction of sp³-hybridized carbons (Fsp3) is 0.154. The minimum Gasteiger partial charge on any atom is -0.457 e. The molecule has 0 fully saturated rings. The Balaban J connectivity index is 2.36. The van der Waals surface area contributed by atoms with E-state index in [0.717, 1.165) is 22.6 Å². The third kappa shape index (κ3) is 2.68. The van der Waals surface area contributed by atoms with Crippen molar-refractivity contribution < 1.29 is 4.74 Å². The van der Waals surface area contributed by atoms with Crippen LogP contribution in [0.2, 0.25) is 5.15 Å². The number of halogens is 1. The smallest absolute Gasteiger partial charge is 0.133 e. The summed E-state index contributed by atoms with van der Waals surface area (Å²) in [6.45, 7) is 3.92. The maximum absolute atomic E-state index is 5.80. The molecular weight excluding hydrogens is 236 g/mol. The predicted molar refractivity (Wildman–Crippen MR) is 69.6 cm³/mol. The van der Waals surface area contributed by atoms with Gasteiger partial charge in [-0.15, -0.1) is 0 Å². The number of aromatic nitrogens is 1. The summed E-state index contributed by atoms with van der Waals surface area (Å²) in [4.78, 5) is 3.91. The van der Waals surface area contributed by atoms with Gasteiger partial charge >= 0.3 is 0 Å². The highest BCUT2D eigenvalue weighted by molar-refractivity contribution is 6.29. The van der Waals surface area contributed by atoms with Gasteiger partial charge < -0.3 is 10.5 Å². The van der Waals surface area contributed by atoms with Gasteiger partial charge in [0.15, 0.2) is 0 Å². The van der Waals surface area contributed by atoms with E-state index in [1.165, 1.54) is 0 Å². The van der Waals surface area contributed by atoms with Gasteiger partial charge in [-0.2, -0.15) is 0 Å². The van der Waals surface area contributed by atoms with Crippen LogP contribution in [0.4, 0.5) is 5.69 Å². The summed E-state index contributed by atoms with van der Waals surface area (Å²) in [5.41, 5.74) is 8.49. The summed E-state index contributed by atoms with van der Waals surface area (Å²) < 4.78 is 5.80. The van der Waals surface area contributed by atoms with E-state index in [9.17, 15) is 0 Å². The summed E-state index contributed by atoms with van der Waals surface area (Å²) in [5, 5.41) is 0.410. The van der Waals surface area contributed by atoms with E-state index in [4.69, 9.17) is 22.1 Å². The topological polar surface area (TPSA) is 48.1 Å². The minimum atomic E-state index is 0.410. The molecular formula is C13H13ClN2O.